The predicted octanol–water partition coefficient (Wildman–Crippen LogP) is 3.83. The standard InChI is InChI=1S/C9H3BrF6N2O/c10-6-5(8(11,12)13)4(1-2-17)3-18-7(6)19-9(14,15)16/h3H,1H2. The van der Waals surface area contributed by atoms with E-state index in [-0.39, 0.29) is 0 Å². The molecule has 1 heterocycles. The van der Waals surface area contributed by atoms with Crippen LogP contribution in [0.4, 0.5) is 26.3 Å². The lowest BCUT2D eigenvalue weighted by Crippen LogP contribution is -2.20. The van der Waals surface area contributed by atoms with E-state index >= 15 is 0 Å². The zero-order valence-corrected chi connectivity index (χ0v) is 10.3. The van der Waals surface area contributed by atoms with E-state index in [1.54, 1.807) is 0 Å². The predicted molar refractivity (Wildman–Crippen MR) is 52.9 cm³/mol. The van der Waals surface area contributed by atoms with Crippen molar-refractivity contribution in [1.82, 2.24) is 4.98 Å². The van der Waals surface area contributed by atoms with Gasteiger partial charge in [-0.25, -0.2) is 4.98 Å². The lowest BCUT2D eigenvalue weighted by Gasteiger charge is -2.16. The summed E-state index contributed by atoms with van der Waals surface area (Å²) in [5.74, 6) is -1.26. The molecule has 104 valence electrons. The van der Waals surface area contributed by atoms with E-state index in [1.165, 1.54) is 6.07 Å². The van der Waals surface area contributed by atoms with E-state index in [0.29, 0.717) is 6.20 Å². The molecule has 19 heavy (non-hydrogen) atoms. The van der Waals surface area contributed by atoms with Gasteiger partial charge in [0.25, 0.3) is 0 Å². The molecule has 0 N–H and O–H groups in total. The van der Waals surface area contributed by atoms with Crippen LogP contribution < -0.4 is 4.74 Å². The van der Waals surface area contributed by atoms with Gasteiger partial charge in [0.05, 0.1) is 22.5 Å². The number of alkyl halides is 6. The van der Waals surface area contributed by atoms with Gasteiger partial charge in [0.2, 0.25) is 5.88 Å². The van der Waals surface area contributed by atoms with Crippen molar-refractivity contribution in [3.05, 3.63) is 21.8 Å². The number of ether oxygens (including phenoxy) is 1. The van der Waals surface area contributed by atoms with Crippen molar-refractivity contribution in [2.24, 2.45) is 0 Å². The van der Waals surface area contributed by atoms with Crippen molar-refractivity contribution in [1.29, 1.82) is 5.26 Å². The summed E-state index contributed by atoms with van der Waals surface area (Å²) in [5, 5.41) is 8.38. The highest BCUT2D eigenvalue weighted by Gasteiger charge is 2.40. The van der Waals surface area contributed by atoms with E-state index in [1.807, 2.05) is 0 Å². The number of hydrogen-bond acceptors (Lipinski definition) is 3. The zero-order chi connectivity index (χ0) is 14.8. The molecule has 0 aliphatic heterocycles. The third-order valence-electron chi connectivity index (χ3n) is 1.83. The molecule has 1 rings (SSSR count). The second-order valence-corrected chi connectivity index (χ2v) is 3.95. The van der Waals surface area contributed by atoms with Crippen LogP contribution in [0, 0.1) is 11.3 Å². The first kappa shape index (κ1) is 15.6. The molecule has 0 saturated carbocycles. The summed E-state index contributed by atoms with van der Waals surface area (Å²) in [4.78, 5) is 3.12. The van der Waals surface area contributed by atoms with Crippen LogP contribution in [0.5, 0.6) is 5.88 Å². The number of rotatable bonds is 2. The van der Waals surface area contributed by atoms with E-state index < -0.39 is 40.4 Å². The second kappa shape index (κ2) is 5.24. The van der Waals surface area contributed by atoms with Crippen LogP contribution in [0.2, 0.25) is 0 Å². The fourth-order valence-electron chi connectivity index (χ4n) is 1.21. The third-order valence-corrected chi connectivity index (χ3v) is 2.57. The topological polar surface area (TPSA) is 45.9 Å². The molecule has 0 spiro atoms. The maximum Gasteiger partial charge on any atom is 0.574 e. The van der Waals surface area contributed by atoms with E-state index in [4.69, 9.17) is 5.26 Å². The van der Waals surface area contributed by atoms with Gasteiger partial charge in [-0.15, -0.1) is 13.2 Å². The van der Waals surface area contributed by atoms with Gasteiger partial charge in [-0.3, -0.25) is 0 Å². The summed E-state index contributed by atoms with van der Waals surface area (Å²) in [6, 6.07) is 1.47. The van der Waals surface area contributed by atoms with Crippen LogP contribution in [0.1, 0.15) is 11.1 Å². The summed E-state index contributed by atoms with van der Waals surface area (Å²) < 4.78 is 76.5. The number of nitriles is 1. The van der Waals surface area contributed by atoms with Gasteiger partial charge < -0.3 is 4.74 Å². The quantitative estimate of drug-likeness (QED) is 0.763. The first-order chi connectivity index (χ1) is 8.56. The molecule has 1 aromatic heterocycles. The molecule has 0 fully saturated rings. The molecule has 0 saturated heterocycles. The summed E-state index contributed by atoms with van der Waals surface area (Å²) in [5.41, 5.74) is -1.96. The Morgan fingerprint density at radius 2 is 1.84 bits per heavy atom. The lowest BCUT2D eigenvalue weighted by molar-refractivity contribution is -0.276. The molecule has 0 unspecified atom stereocenters. The molecule has 0 aromatic carbocycles. The third kappa shape index (κ3) is 3.99. The highest BCUT2D eigenvalue weighted by atomic mass is 79.9. The summed E-state index contributed by atoms with van der Waals surface area (Å²) >= 11 is 2.37. The molecular weight excluding hydrogens is 346 g/mol. The Kier molecular flexibility index (Phi) is 4.29. The minimum absolute atomic E-state index is 0.526. The van der Waals surface area contributed by atoms with Crippen molar-refractivity contribution in [2.75, 3.05) is 0 Å². The average Bonchev–Trinajstić information content (AvgIpc) is 2.19. The number of nitrogens with zero attached hydrogens (tertiary/aromatic N) is 2. The van der Waals surface area contributed by atoms with Gasteiger partial charge >= 0.3 is 12.5 Å². The molecular formula is C9H3BrF6N2O. The number of pyridine rings is 1. The van der Waals surface area contributed by atoms with E-state index in [2.05, 4.69) is 25.7 Å². The van der Waals surface area contributed by atoms with Crippen molar-refractivity contribution >= 4 is 15.9 Å². The maximum atomic E-state index is 12.7. The molecule has 10 heteroatoms. The molecule has 0 bridgehead atoms. The Hall–Kier alpha value is -1.50. The van der Waals surface area contributed by atoms with Gasteiger partial charge in [0.1, 0.15) is 0 Å². The summed E-state index contributed by atoms with van der Waals surface area (Å²) in [6.45, 7) is 0. The van der Waals surface area contributed by atoms with Crippen molar-refractivity contribution in [3.8, 4) is 11.9 Å². The Balaban J connectivity index is 3.39. The summed E-state index contributed by atoms with van der Waals surface area (Å²) in [6.07, 6.45) is -10.2. The minimum atomic E-state index is -5.17. The molecule has 0 amide bonds. The Bertz CT molecular complexity index is 519. The normalized spacial score (nSPS) is 12.1. The largest absolute Gasteiger partial charge is 0.574 e. The Morgan fingerprint density at radius 3 is 2.26 bits per heavy atom. The molecule has 3 nitrogen and oxygen atoms in total. The van der Waals surface area contributed by atoms with Crippen molar-refractivity contribution in [2.45, 2.75) is 19.0 Å². The van der Waals surface area contributed by atoms with Crippen molar-refractivity contribution < 1.29 is 31.1 Å². The van der Waals surface area contributed by atoms with Crippen LogP contribution in [-0.2, 0) is 12.6 Å². The van der Waals surface area contributed by atoms with Gasteiger partial charge in [-0.05, 0) is 21.5 Å². The Morgan fingerprint density at radius 1 is 1.26 bits per heavy atom. The lowest BCUT2D eigenvalue weighted by atomic mass is 10.1. The first-order valence-electron chi connectivity index (χ1n) is 4.43. The maximum absolute atomic E-state index is 12.7. The highest BCUT2D eigenvalue weighted by molar-refractivity contribution is 9.10. The molecule has 0 radical (unpaired) electrons. The molecule has 0 aliphatic rings. The van der Waals surface area contributed by atoms with Crippen LogP contribution in [0.25, 0.3) is 0 Å². The average molecular weight is 349 g/mol. The molecule has 0 aliphatic carbocycles. The highest BCUT2D eigenvalue weighted by Crippen LogP contribution is 2.42. The number of aromatic nitrogens is 1. The fraction of sp³-hybridized carbons (Fsp3) is 0.333. The van der Waals surface area contributed by atoms with Gasteiger partial charge in [0, 0.05) is 6.20 Å². The first-order valence-corrected chi connectivity index (χ1v) is 5.23. The minimum Gasteiger partial charge on any atom is -0.387 e. The monoisotopic (exact) mass is 348 g/mol. The number of halogens is 7. The zero-order valence-electron chi connectivity index (χ0n) is 8.73. The van der Waals surface area contributed by atoms with Crippen LogP contribution in [0.3, 0.4) is 0 Å². The smallest absolute Gasteiger partial charge is 0.387 e. The van der Waals surface area contributed by atoms with Crippen LogP contribution in [0.15, 0.2) is 10.7 Å². The SMILES string of the molecule is N#CCc1cnc(OC(F)(F)F)c(Br)c1C(F)(F)F. The molecule has 0 atom stereocenters. The van der Waals surface area contributed by atoms with Gasteiger partial charge in [-0.2, -0.15) is 18.4 Å². The van der Waals surface area contributed by atoms with Crippen LogP contribution >= 0.6 is 15.9 Å². The van der Waals surface area contributed by atoms with E-state index in [9.17, 15) is 26.3 Å². The second-order valence-electron chi connectivity index (χ2n) is 3.16. The summed E-state index contributed by atoms with van der Waals surface area (Å²) in [7, 11) is 0. The number of hydrogen-bond donors (Lipinski definition) is 0. The van der Waals surface area contributed by atoms with Crippen molar-refractivity contribution in [3.63, 3.8) is 0 Å². The molecule has 1 aromatic rings. The Labute approximate surface area is 110 Å². The van der Waals surface area contributed by atoms with Crippen LogP contribution in [-0.4, -0.2) is 11.3 Å². The van der Waals surface area contributed by atoms with E-state index in [0.717, 1.165) is 0 Å². The fourth-order valence-corrected chi connectivity index (χ4v) is 1.87. The van der Waals surface area contributed by atoms with Gasteiger partial charge in [-0.1, -0.05) is 0 Å². The van der Waals surface area contributed by atoms with Gasteiger partial charge in [0.15, 0.2) is 0 Å².